The maximum Gasteiger partial charge on any atom is 0.356 e. The van der Waals surface area contributed by atoms with Gasteiger partial charge in [0.05, 0.1) is 18.5 Å². The largest absolute Gasteiger partial charge is 0.464 e. The number of allylic oxidation sites excluding steroid dienone is 4. The summed E-state index contributed by atoms with van der Waals surface area (Å²) in [6, 6.07) is 18.2. The molecule has 0 aliphatic rings. The van der Waals surface area contributed by atoms with Crippen LogP contribution < -0.4 is 5.32 Å². The number of aryl methyl sites for hydroxylation is 1. The summed E-state index contributed by atoms with van der Waals surface area (Å²) in [4.78, 5) is 24.0. The van der Waals surface area contributed by atoms with Crippen LogP contribution in [0.2, 0.25) is 0 Å². The SMILES string of the molecule is C/C=C\C=C/C.CC.CC.COC(=O)c1cc(C)nn1-c1ccc(CNC(=O)c2ccccc2)cc1. The van der Waals surface area contributed by atoms with Crippen molar-refractivity contribution in [2.75, 3.05) is 7.11 Å². The summed E-state index contributed by atoms with van der Waals surface area (Å²) < 4.78 is 6.34. The van der Waals surface area contributed by atoms with Gasteiger partial charge in [-0.2, -0.15) is 5.10 Å². The number of carbonyl (C=O) groups is 2. The van der Waals surface area contributed by atoms with Crippen LogP contribution in [0.4, 0.5) is 0 Å². The molecule has 0 radical (unpaired) electrons. The number of benzene rings is 2. The Bertz CT molecular complexity index is 1060. The number of nitrogens with one attached hydrogen (secondary N) is 1. The zero-order chi connectivity index (χ0) is 27.3. The molecule has 3 rings (SSSR count). The van der Waals surface area contributed by atoms with E-state index in [1.165, 1.54) is 7.11 Å². The van der Waals surface area contributed by atoms with Crippen LogP contribution in [0, 0.1) is 6.92 Å². The highest BCUT2D eigenvalue weighted by Gasteiger charge is 2.15. The smallest absolute Gasteiger partial charge is 0.356 e. The quantitative estimate of drug-likeness (QED) is 0.295. The number of hydrogen-bond acceptors (Lipinski definition) is 4. The van der Waals surface area contributed by atoms with E-state index in [4.69, 9.17) is 4.74 Å². The summed E-state index contributed by atoms with van der Waals surface area (Å²) in [5, 5.41) is 7.22. The van der Waals surface area contributed by atoms with Gasteiger partial charge in [-0.3, -0.25) is 4.79 Å². The first-order valence-corrected chi connectivity index (χ1v) is 12.3. The maximum absolute atomic E-state index is 12.1. The molecule has 6 heteroatoms. The molecule has 0 aliphatic heterocycles. The fourth-order valence-electron chi connectivity index (χ4n) is 2.80. The van der Waals surface area contributed by atoms with E-state index < -0.39 is 5.97 Å². The van der Waals surface area contributed by atoms with Crippen molar-refractivity contribution in [3.05, 3.63) is 107 Å². The minimum atomic E-state index is -0.440. The molecule has 1 amide bonds. The highest BCUT2D eigenvalue weighted by molar-refractivity contribution is 5.94. The first kappa shape index (κ1) is 32.1. The average molecular weight is 492 g/mol. The van der Waals surface area contributed by atoms with Crippen LogP contribution >= 0.6 is 0 Å². The highest BCUT2D eigenvalue weighted by atomic mass is 16.5. The summed E-state index contributed by atoms with van der Waals surface area (Å²) in [5.41, 5.74) is 3.41. The monoisotopic (exact) mass is 491 g/mol. The fourth-order valence-corrected chi connectivity index (χ4v) is 2.80. The lowest BCUT2D eigenvalue weighted by atomic mass is 10.2. The normalized spacial score (nSPS) is 9.78. The summed E-state index contributed by atoms with van der Waals surface area (Å²) in [7, 11) is 1.34. The third kappa shape index (κ3) is 11.0. The number of carbonyl (C=O) groups excluding carboxylic acids is 2. The number of methoxy groups -OCH3 is 1. The lowest BCUT2D eigenvalue weighted by molar-refractivity contribution is 0.0590. The minimum Gasteiger partial charge on any atom is -0.464 e. The number of rotatable bonds is 6. The Morgan fingerprint density at radius 1 is 0.917 bits per heavy atom. The van der Waals surface area contributed by atoms with Crippen LogP contribution in [0.5, 0.6) is 0 Å². The van der Waals surface area contributed by atoms with E-state index in [1.54, 1.807) is 22.9 Å². The lowest BCUT2D eigenvalue weighted by Gasteiger charge is -2.08. The van der Waals surface area contributed by atoms with Gasteiger partial charge in [0.2, 0.25) is 0 Å². The molecular weight excluding hydrogens is 450 g/mol. The molecule has 6 nitrogen and oxygen atoms in total. The molecule has 1 aromatic heterocycles. The van der Waals surface area contributed by atoms with Crippen molar-refractivity contribution in [3.8, 4) is 5.69 Å². The van der Waals surface area contributed by atoms with Gasteiger partial charge in [0.1, 0.15) is 0 Å². The predicted molar refractivity (Wildman–Crippen MR) is 150 cm³/mol. The molecule has 0 aliphatic carbocycles. The first-order chi connectivity index (χ1) is 17.5. The van der Waals surface area contributed by atoms with Crippen LogP contribution in [0.3, 0.4) is 0 Å². The molecule has 194 valence electrons. The van der Waals surface area contributed by atoms with Gasteiger partial charge in [0.15, 0.2) is 5.69 Å². The Balaban J connectivity index is 0.00000106. The number of aromatic nitrogens is 2. The third-order valence-corrected chi connectivity index (χ3v) is 4.39. The third-order valence-electron chi connectivity index (χ3n) is 4.39. The zero-order valence-electron chi connectivity index (χ0n) is 22.9. The van der Waals surface area contributed by atoms with Gasteiger partial charge in [-0.25, -0.2) is 9.48 Å². The Hall–Kier alpha value is -3.93. The number of ether oxygens (including phenoxy) is 1. The molecule has 36 heavy (non-hydrogen) atoms. The van der Waals surface area contributed by atoms with Crippen molar-refractivity contribution in [2.24, 2.45) is 0 Å². The molecule has 0 saturated carbocycles. The fraction of sp³-hybridized carbons (Fsp3) is 0.300. The number of hydrogen-bond donors (Lipinski definition) is 1. The van der Waals surface area contributed by atoms with Gasteiger partial charge in [-0.05, 0) is 56.7 Å². The van der Waals surface area contributed by atoms with Crippen LogP contribution in [-0.4, -0.2) is 28.8 Å². The number of amides is 1. The number of esters is 1. The van der Waals surface area contributed by atoms with Crippen molar-refractivity contribution in [2.45, 2.75) is 55.0 Å². The zero-order valence-corrected chi connectivity index (χ0v) is 22.9. The molecule has 1 N–H and O–H groups in total. The molecule has 0 spiro atoms. The van der Waals surface area contributed by atoms with Crippen LogP contribution in [0.25, 0.3) is 5.69 Å². The summed E-state index contributed by atoms with van der Waals surface area (Å²) in [5.74, 6) is -0.560. The second-order valence-electron chi connectivity index (χ2n) is 6.84. The summed E-state index contributed by atoms with van der Waals surface area (Å²) >= 11 is 0. The van der Waals surface area contributed by atoms with Gasteiger partial charge in [-0.15, -0.1) is 0 Å². The van der Waals surface area contributed by atoms with Crippen LogP contribution in [0.15, 0.2) is 85.0 Å². The molecule has 3 aromatic rings. The van der Waals surface area contributed by atoms with Crippen LogP contribution in [0.1, 0.15) is 73.6 Å². The molecule has 0 saturated heterocycles. The van der Waals surface area contributed by atoms with Gasteiger partial charge in [0, 0.05) is 12.1 Å². The first-order valence-electron chi connectivity index (χ1n) is 12.3. The maximum atomic E-state index is 12.1. The standard InChI is InChI=1S/C20H19N3O3.C6H10.2C2H6/c1-14-12-18(20(25)26-2)23(22-14)17-10-8-15(9-11-17)13-21-19(24)16-6-4-3-5-7-16;1-3-5-6-4-2;2*1-2/h3-12H,13H2,1-2H3,(H,21,24);3-6H,1-2H3;2*1-2H3/b;5-3-,6-4-;;. The Morgan fingerprint density at radius 3 is 1.97 bits per heavy atom. The van der Waals surface area contributed by atoms with Crippen LogP contribution in [-0.2, 0) is 11.3 Å². The predicted octanol–water partition coefficient (Wildman–Crippen LogP) is 7.09. The molecule has 0 unspecified atom stereocenters. The Labute approximate surface area is 216 Å². The molecule has 2 aromatic carbocycles. The molecule has 1 heterocycles. The Kier molecular flexibility index (Phi) is 17.3. The number of nitrogens with zero attached hydrogens (tertiary/aromatic N) is 2. The highest BCUT2D eigenvalue weighted by Crippen LogP contribution is 2.15. The van der Waals surface area contributed by atoms with E-state index in [1.807, 2.05) is 115 Å². The molecule has 0 atom stereocenters. The van der Waals surface area contributed by atoms with Crippen molar-refractivity contribution in [3.63, 3.8) is 0 Å². The summed E-state index contributed by atoms with van der Waals surface area (Å²) in [6.45, 7) is 14.2. The molecule has 0 bridgehead atoms. The second kappa shape index (κ2) is 19.4. The Morgan fingerprint density at radius 2 is 1.47 bits per heavy atom. The van der Waals surface area contributed by atoms with E-state index in [0.717, 1.165) is 16.9 Å². The molecule has 0 fully saturated rings. The van der Waals surface area contributed by atoms with Gasteiger partial charge in [0.25, 0.3) is 5.91 Å². The lowest BCUT2D eigenvalue weighted by Crippen LogP contribution is -2.22. The van der Waals surface area contributed by atoms with Crippen molar-refractivity contribution < 1.29 is 14.3 Å². The van der Waals surface area contributed by atoms with Crippen molar-refractivity contribution in [1.29, 1.82) is 0 Å². The van der Waals surface area contributed by atoms with Crippen molar-refractivity contribution >= 4 is 11.9 Å². The van der Waals surface area contributed by atoms with Crippen molar-refractivity contribution in [1.82, 2.24) is 15.1 Å². The van der Waals surface area contributed by atoms with E-state index in [-0.39, 0.29) is 5.91 Å². The van der Waals surface area contributed by atoms with Gasteiger partial charge in [-0.1, -0.05) is 82.3 Å². The second-order valence-corrected chi connectivity index (χ2v) is 6.84. The topological polar surface area (TPSA) is 73.2 Å². The van der Waals surface area contributed by atoms with E-state index in [2.05, 4.69) is 10.4 Å². The van der Waals surface area contributed by atoms with E-state index in [0.29, 0.717) is 17.8 Å². The molecular formula is C30H41N3O3. The summed E-state index contributed by atoms with van der Waals surface area (Å²) in [6.07, 6.45) is 8.00. The van der Waals surface area contributed by atoms with E-state index in [9.17, 15) is 9.59 Å². The van der Waals surface area contributed by atoms with Gasteiger partial charge < -0.3 is 10.1 Å². The average Bonchev–Trinajstić information content (AvgIpc) is 3.35. The van der Waals surface area contributed by atoms with Gasteiger partial charge >= 0.3 is 5.97 Å². The minimum absolute atomic E-state index is 0.120. The van der Waals surface area contributed by atoms with E-state index >= 15 is 0 Å².